The zero-order chi connectivity index (χ0) is 10.4. The highest BCUT2D eigenvalue weighted by atomic mass is 35.5. The molecule has 3 amide bonds. The number of nitrogens with zero attached hydrogens (tertiary/aromatic N) is 1. The predicted molar refractivity (Wildman–Crippen MR) is 49.0 cm³/mol. The zero-order valence-electron chi connectivity index (χ0n) is 7.12. The van der Waals surface area contributed by atoms with Gasteiger partial charge in [-0.2, -0.15) is 0 Å². The topological polar surface area (TPSA) is 84.2 Å². The van der Waals surface area contributed by atoms with Gasteiger partial charge in [-0.25, -0.2) is 4.79 Å². The third-order valence-electron chi connectivity index (χ3n) is 1.25. The van der Waals surface area contributed by atoms with Gasteiger partial charge in [0, 0.05) is 18.4 Å². The molecule has 0 atom stereocenters. The van der Waals surface area contributed by atoms with E-state index in [4.69, 9.17) is 11.6 Å². The number of hydrogen-bond acceptors (Lipinski definition) is 4. The average molecular weight is 218 g/mol. The number of carbonyl (C=O) groups is 2. The second-order valence-electron chi connectivity index (χ2n) is 2.33. The first kappa shape index (κ1) is 10.5. The molecule has 1 aromatic rings. The van der Waals surface area contributed by atoms with Crippen LogP contribution in [0.2, 0.25) is 0 Å². The van der Waals surface area contributed by atoms with E-state index in [1.807, 2.05) is 0 Å². The first-order chi connectivity index (χ1) is 6.72. The van der Waals surface area contributed by atoms with Gasteiger partial charge in [-0.05, 0) is 0 Å². The molecule has 0 saturated carbocycles. The maximum atomic E-state index is 11.0. The number of rotatable bonds is 3. The van der Waals surface area contributed by atoms with Crippen LogP contribution >= 0.6 is 11.6 Å². The highest BCUT2D eigenvalue weighted by molar-refractivity contribution is 6.19. The number of urea groups is 1. The monoisotopic (exact) mass is 217 g/mol. The summed E-state index contributed by atoms with van der Waals surface area (Å²) in [4.78, 5) is 21.9. The number of hydrogen-bond donors (Lipinski definition) is 2. The SMILES string of the molecule is O=C(CCCl)NC(=O)Nc1ccon1. The van der Waals surface area contributed by atoms with Crippen molar-refractivity contribution in [2.45, 2.75) is 6.42 Å². The summed E-state index contributed by atoms with van der Waals surface area (Å²) in [5.74, 6) is -0.0366. The van der Waals surface area contributed by atoms with Gasteiger partial charge in [0.2, 0.25) is 5.91 Å². The van der Waals surface area contributed by atoms with Crippen LogP contribution in [0.3, 0.4) is 0 Å². The van der Waals surface area contributed by atoms with E-state index in [2.05, 4.69) is 20.3 Å². The smallest absolute Gasteiger partial charge is 0.327 e. The number of carbonyl (C=O) groups excluding carboxylic acids is 2. The molecule has 0 aliphatic carbocycles. The Morgan fingerprint density at radius 3 is 2.93 bits per heavy atom. The lowest BCUT2D eigenvalue weighted by molar-refractivity contribution is -0.119. The van der Waals surface area contributed by atoms with Crippen molar-refractivity contribution in [1.29, 1.82) is 0 Å². The quantitative estimate of drug-likeness (QED) is 0.739. The van der Waals surface area contributed by atoms with Crippen LogP contribution in [0.4, 0.5) is 10.6 Å². The normalized spacial score (nSPS) is 9.50. The van der Waals surface area contributed by atoms with Crippen molar-refractivity contribution in [3.8, 4) is 0 Å². The number of nitrogens with one attached hydrogen (secondary N) is 2. The van der Waals surface area contributed by atoms with Crippen LogP contribution in [-0.2, 0) is 4.79 Å². The van der Waals surface area contributed by atoms with Crippen LogP contribution in [0.5, 0.6) is 0 Å². The molecule has 1 aromatic heterocycles. The molecule has 1 rings (SSSR count). The first-order valence-electron chi connectivity index (χ1n) is 3.79. The molecule has 0 aliphatic rings. The number of alkyl halides is 1. The number of amides is 3. The fourth-order valence-corrected chi connectivity index (χ4v) is 0.871. The van der Waals surface area contributed by atoms with E-state index in [1.165, 1.54) is 12.3 Å². The van der Waals surface area contributed by atoms with Crippen LogP contribution < -0.4 is 10.6 Å². The van der Waals surface area contributed by atoms with Crippen LogP contribution in [0.15, 0.2) is 16.9 Å². The predicted octanol–water partition coefficient (Wildman–Crippen LogP) is 0.952. The summed E-state index contributed by atoms with van der Waals surface area (Å²) in [5.41, 5.74) is 0. The number of aromatic nitrogens is 1. The van der Waals surface area contributed by atoms with Gasteiger partial charge in [0.15, 0.2) is 5.82 Å². The highest BCUT2D eigenvalue weighted by Crippen LogP contribution is 1.99. The Morgan fingerprint density at radius 2 is 2.36 bits per heavy atom. The molecule has 7 heteroatoms. The summed E-state index contributed by atoms with van der Waals surface area (Å²) >= 11 is 5.30. The Labute approximate surface area is 84.6 Å². The summed E-state index contributed by atoms with van der Waals surface area (Å²) in [7, 11) is 0. The Bertz CT molecular complexity index is 312. The van der Waals surface area contributed by atoms with Gasteiger partial charge < -0.3 is 4.52 Å². The van der Waals surface area contributed by atoms with Crippen molar-refractivity contribution in [3.63, 3.8) is 0 Å². The molecule has 0 radical (unpaired) electrons. The van der Waals surface area contributed by atoms with Crippen molar-refractivity contribution in [3.05, 3.63) is 12.3 Å². The third-order valence-corrected chi connectivity index (χ3v) is 1.44. The summed E-state index contributed by atoms with van der Waals surface area (Å²) in [6.45, 7) is 0. The number of imide groups is 1. The fourth-order valence-electron chi connectivity index (χ4n) is 0.700. The molecule has 0 aliphatic heterocycles. The maximum absolute atomic E-state index is 11.0. The molecule has 0 aromatic carbocycles. The van der Waals surface area contributed by atoms with E-state index in [9.17, 15) is 9.59 Å². The number of halogens is 1. The minimum atomic E-state index is -0.658. The largest absolute Gasteiger partial charge is 0.363 e. The average Bonchev–Trinajstić information content (AvgIpc) is 2.56. The van der Waals surface area contributed by atoms with Crippen molar-refractivity contribution < 1.29 is 14.1 Å². The lowest BCUT2D eigenvalue weighted by atomic mass is 10.4. The Morgan fingerprint density at radius 1 is 1.57 bits per heavy atom. The van der Waals surface area contributed by atoms with Gasteiger partial charge in [-0.1, -0.05) is 5.16 Å². The molecule has 6 nitrogen and oxygen atoms in total. The van der Waals surface area contributed by atoms with Crippen molar-refractivity contribution >= 4 is 29.4 Å². The second-order valence-corrected chi connectivity index (χ2v) is 2.70. The van der Waals surface area contributed by atoms with Crippen molar-refractivity contribution in [2.75, 3.05) is 11.2 Å². The summed E-state index contributed by atoms with van der Waals surface area (Å²) in [5, 5.41) is 7.78. The van der Waals surface area contributed by atoms with E-state index in [0.29, 0.717) is 0 Å². The van der Waals surface area contributed by atoms with Gasteiger partial charge in [-0.15, -0.1) is 11.6 Å². The molecule has 0 saturated heterocycles. The van der Waals surface area contributed by atoms with Gasteiger partial charge in [-0.3, -0.25) is 15.4 Å². The molecule has 1 heterocycles. The highest BCUT2D eigenvalue weighted by Gasteiger charge is 2.07. The Hall–Kier alpha value is -1.56. The minimum absolute atomic E-state index is 0.0911. The van der Waals surface area contributed by atoms with Crippen LogP contribution in [0, 0.1) is 0 Å². The molecule has 0 spiro atoms. The lowest BCUT2D eigenvalue weighted by Gasteiger charge is -2.01. The molecule has 14 heavy (non-hydrogen) atoms. The summed E-state index contributed by atoms with van der Waals surface area (Å²) in [6, 6.07) is 0.792. The van der Waals surface area contributed by atoms with E-state index < -0.39 is 11.9 Å². The fraction of sp³-hybridized carbons (Fsp3) is 0.286. The molecule has 0 fully saturated rings. The maximum Gasteiger partial charge on any atom is 0.327 e. The first-order valence-corrected chi connectivity index (χ1v) is 4.33. The van der Waals surface area contributed by atoms with Gasteiger partial charge >= 0.3 is 6.03 Å². The van der Waals surface area contributed by atoms with Crippen LogP contribution in [0.1, 0.15) is 6.42 Å². The summed E-state index contributed by atoms with van der Waals surface area (Å²) in [6.07, 6.45) is 1.39. The van der Waals surface area contributed by atoms with Gasteiger partial charge in [0.1, 0.15) is 6.26 Å². The Balaban J connectivity index is 2.33. The Kier molecular flexibility index (Phi) is 3.93. The summed E-state index contributed by atoms with van der Waals surface area (Å²) < 4.78 is 4.47. The standard InChI is InChI=1S/C7H8ClN3O3/c8-3-1-6(12)10-7(13)9-5-2-4-14-11-5/h2,4H,1,3H2,(H2,9,10,11,12,13). The molecule has 0 bridgehead atoms. The van der Waals surface area contributed by atoms with E-state index in [0.717, 1.165) is 0 Å². The zero-order valence-corrected chi connectivity index (χ0v) is 7.87. The molecule has 2 N–H and O–H groups in total. The molecule has 76 valence electrons. The second kappa shape index (κ2) is 5.23. The third kappa shape index (κ3) is 3.44. The molecular weight excluding hydrogens is 210 g/mol. The van der Waals surface area contributed by atoms with E-state index in [-0.39, 0.29) is 18.1 Å². The number of anilines is 1. The lowest BCUT2D eigenvalue weighted by Crippen LogP contribution is -2.34. The van der Waals surface area contributed by atoms with Gasteiger partial charge in [0.05, 0.1) is 0 Å². The van der Waals surface area contributed by atoms with E-state index in [1.54, 1.807) is 0 Å². The molecule has 0 unspecified atom stereocenters. The van der Waals surface area contributed by atoms with E-state index >= 15 is 0 Å². The van der Waals surface area contributed by atoms with Crippen molar-refractivity contribution in [2.24, 2.45) is 0 Å². The van der Waals surface area contributed by atoms with Crippen LogP contribution in [0.25, 0.3) is 0 Å². The van der Waals surface area contributed by atoms with Gasteiger partial charge in [0.25, 0.3) is 0 Å². The van der Waals surface area contributed by atoms with Crippen molar-refractivity contribution in [1.82, 2.24) is 10.5 Å². The minimum Gasteiger partial charge on any atom is -0.363 e. The van der Waals surface area contributed by atoms with Crippen LogP contribution in [-0.4, -0.2) is 23.0 Å². The molecular formula is C7H8ClN3O3.